The molecule has 0 radical (unpaired) electrons. The summed E-state index contributed by atoms with van der Waals surface area (Å²) in [4.78, 5) is 4.08. The maximum Gasteiger partial charge on any atom is 0.166 e. The third-order valence-electron chi connectivity index (χ3n) is 3.49. The maximum absolute atomic E-state index is 9.72. The highest BCUT2D eigenvalue weighted by molar-refractivity contribution is 7.97. The van der Waals surface area contributed by atoms with Crippen LogP contribution in [-0.2, 0) is 21.0 Å². The van der Waals surface area contributed by atoms with Crippen LogP contribution in [0.2, 0.25) is 0 Å². The molecular formula is C21H22O4S2. The fourth-order valence-electron chi connectivity index (χ4n) is 2.32. The van der Waals surface area contributed by atoms with Crippen LogP contribution in [0.25, 0.3) is 0 Å². The summed E-state index contributed by atoms with van der Waals surface area (Å²) in [6.45, 7) is -0.249. The predicted octanol–water partition coefficient (Wildman–Crippen LogP) is 3.70. The molecule has 27 heavy (non-hydrogen) atoms. The summed E-state index contributed by atoms with van der Waals surface area (Å²) in [6, 6.07) is 32.2. The van der Waals surface area contributed by atoms with Crippen LogP contribution < -0.4 is 0 Å². The van der Waals surface area contributed by atoms with Gasteiger partial charge >= 0.3 is 0 Å². The highest BCUT2D eigenvalue weighted by Gasteiger charge is 2.27. The fourth-order valence-corrected chi connectivity index (χ4v) is 4.91. The molecule has 0 heterocycles. The Hall–Kier alpha value is -2.12. The van der Waals surface area contributed by atoms with Gasteiger partial charge in [0, 0.05) is 12.4 Å². The van der Waals surface area contributed by atoms with Gasteiger partial charge in [0.15, 0.2) is 14.7 Å². The smallest absolute Gasteiger partial charge is 0.166 e. The average molecular weight is 403 g/mol. The largest absolute Gasteiger partial charge is 0.748 e. The molecule has 0 aliphatic rings. The normalized spacial score (nSPS) is 10.9. The lowest BCUT2D eigenvalue weighted by atomic mass is 10.4. The molecule has 0 fully saturated rings. The first-order valence-corrected chi connectivity index (χ1v) is 11.3. The minimum Gasteiger partial charge on any atom is -0.748 e. The molecule has 0 bridgehead atoms. The number of rotatable bonds is 6. The van der Waals surface area contributed by atoms with E-state index in [0.29, 0.717) is 0 Å². The lowest BCUT2D eigenvalue weighted by Crippen LogP contribution is -2.05. The second-order valence-corrected chi connectivity index (χ2v) is 9.13. The molecule has 0 spiro atoms. The van der Waals surface area contributed by atoms with Gasteiger partial charge in [0.25, 0.3) is 0 Å². The maximum atomic E-state index is 9.72. The van der Waals surface area contributed by atoms with E-state index in [1.165, 1.54) is 14.7 Å². The molecule has 0 saturated carbocycles. The molecule has 3 aromatic carbocycles. The van der Waals surface area contributed by atoms with Gasteiger partial charge in [0.05, 0.1) is 21.0 Å². The molecular weight excluding hydrogens is 380 g/mol. The molecule has 0 unspecified atom stereocenters. The Morgan fingerprint density at radius 2 is 1.04 bits per heavy atom. The van der Waals surface area contributed by atoms with Crippen LogP contribution in [0.4, 0.5) is 0 Å². The number of aliphatic hydroxyl groups excluding tert-OH is 1. The topological polar surface area (TPSA) is 77.4 Å². The van der Waals surface area contributed by atoms with Crippen LogP contribution in [0.1, 0.15) is 6.42 Å². The lowest BCUT2D eigenvalue weighted by molar-refractivity contribution is 0.293. The first-order chi connectivity index (χ1) is 13.0. The van der Waals surface area contributed by atoms with Gasteiger partial charge in [-0.3, -0.25) is 0 Å². The van der Waals surface area contributed by atoms with Crippen molar-refractivity contribution in [2.45, 2.75) is 21.1 Å². The first kappa shape index (κ1) is 21.2. The van der Waals surface area contributed by atoms with Gasteiger partial charge in [0.1, 0.15) is 0 Å². The summed E-state index contributed by atoms with van der Waals surface area (Å²) in [5, 5.41) is 8.03. The molecule has 6 heteroatoms. The second-order valence-electron chi connectivity index (χ2n) is 5.58. The van der Waals surface area contributed by atoms with Crippen molar-refractivity contribution in [3.05, 3.63) is 91.0 Å². The Morgan fingerprint density at radius 1 is 0.704 bits per heavy atom. The van der Waals surface area contributed by atoms with Gasteiger partial charge in [0.2, 0.25) is 0 Å². The number of aliphatic hydroxyl groups is 1. The molecule has 3 aromatic rings. The summed E-state index contributed by atoms with van der Waals surface area (Å²) in [7, 11) is -4.11. The van der Waals surface area contributed by atoms with Crippen molar-refractivity contribution < 1.29 is 18.1 Å². The van der Waals surface area contributed by atoms with E-state index in [-0.39, 0.29) is 23.9 Å². The number of benzene rings is 3. The second kappa shape index (κ2) is 10.9. The highest BCUT2D eigenvalue weighted by atomic mass is 32.2. The van der Waals surface area contributed by atoms with E-state index in [0.717, 1.165) is 0 Å². The van der Waals surface area contributed by atoms with E-state index >= 15 is 0 Å². The predicted molar refractivity (Wildman–Crippen MR) is 108 cm³/mol. The van der Waals surface area contributed by atoms with E-state index in [1.807, 2.05) is 0 Å². The quantitative estimate of drug-likeness (QED) is 0.504. The zero-order valence-corrected chi connectivity index (χ0v) is 16.4. The van der Waals surface area contributed by atoms with Crippen LogP contribution in [0.15, 0.2) is 106 Å². The molecule has 142 valence electrons. The Bertz CT molecular complexity index is 789. The summed E-state index contributed by atoms with van der Waals surface area (Å²) < 4.78 is 29.2. The average Bonchev–Trinajstić information content (AvgIpc) is 2.69. The Balaban J connectivity index is 0.000000279. The fraction of sp³-hybridized carbons (Fsp3) is 0.143. The van der Waals surface area contributed by atoms with E-state index in [1.54, 1.807) is 0 Å². The number of hydrogen-bond acceptors (Lipinski definition) is 4. The summed E-state index contributed by atoms with van der Waals surface area (Å²) >= 11 is 0. The van der Waals surface area contributed by atoms with Crippen molar-refractivity contribution in [2.75, 3.05) is 12.4 Å². The first-order valence-electron chi connectivity index (χ1n) is 8.45. The Kier molecular flexibility index (Phi) is 8.54. The van der Waals surface area contributed by atoms with Crippen LogP contribution in [0, 0.1) is 0 Å². The van der Waals surface area contributed by atoms with Crippen LogP contribution in [-0.4, -0.2) is 30.4 Å². The SMILES string of the molecule is O=S(=O)([O-])CCCO.c1ccc([S+](c2ccccc2)c2ccccc2)cc1. The molecule has 0 aromatic heterocycles. The molecule has 0 aliphatic heterocycles. The molecule has 0 atom stereocenters. The van der Waals surface area contributed by atoms with Crippen molar-refractivity contribution in [1.82, 2.24) is 0 Å². The van der Waals surface area contributed by atoms with Crippen LogP contribution in [0.5, 0.6) is 0 Å². The summed E-state index contributed by atoms with van der Waals surface area (Å²) in [6.07, 6.45) is 0.0336. The monoisotopic (exact) mass is 402 g/mol. The van der Waals surface area contributed by atoms with Crippen molar-refractivity contribution in [2.24, 2.45) is 0 Å². The minimum atomic E-state index is -4.10. The summed E-state index contributed by atoms with van der Waals surface area (Å²) in [5.41, 5.74) is 0. The van der Waals surface area contributed by atoms with Gasteiger partial charge in [-0.25, -0.2) is 8.42 Å². The van der Waals surface area contributed by atoms with Gasteiger partial charge in [-0.2, -0.15) is 0 Å². The molecule has 0 saturated heterocycles. The zero-order chi connectivity index (χ0) is 19.5. The van der Waals surface area contributed by atoms with Crippen LogP contribution >= 0.6 is 0 Å². The van der Waals surface area contributed by atoms with Gasteiger partial charge in [-0.15, -0.1) is 0 Å². The van der Waals surface area contributed by atoms with E-state index in [2.05, 4.69) is 91.0 Å². The van der Waals surface area contributed by atoms with Gasteiger partial charge in [-0.1, -0.05) is 54.6 Å². The van der Waals surface area contributed by atoms with Gasteiger partial charge in [-0.05, 0) is 42.8 Å². The third kappa shape index (κ3) is 7.56. The molecule has 4 nitrogen and oxygen atoms in total. The van der Waals surface area contributed by atoms with Crippen molar-refractivity contribution in [3.8, 4) is 0 Å². The van der Waals surface area contributed by atoms with E-state index in [9.17, 15) is 13.0 Å². The van der Waals surface area contributed by atoms with Crippen molar-refractivity contribution >= 4 is 21.0 Å². The zero-order valence-electron chi connectivity index (χ0n) is 14.8. The van der Waals surface area contributed by atoms with Crippen LogP contribution in [0.3, 0.4) is 0 Å². The molecule has 0 amide bonds. The molecule has 0 aliphatic carbocycles. The highest BCUT2D eigenvalue weighted by Crippen LogP contribution is 2.30. The van der Waals surface area contributed by atoms with E-state index < -0.39 is 15.9 Å². The molecule has 3 rings (SSSR count). The Morgan fingerprint density at radius 3 is 1.26 bits per heavy atom. The minimum absolute atomic E-state index is 0.0146. The van der Waals surface area contributed by atoms with E-state index in [4.69, 9.17) is 5.11 Å². The van der Waals surface area contributed by atoms with Gasteiger partial charge < -0.3 is 9.66 Å². The standard InChI is InChI=1S/C18H15S.C3H8O4S/c1-4-10-16(11-5-1)19(17-12-6-2-7-13-17)18-14-8-3-9-15-18;4-2-1-3-8(5,6)7/h1-15H;4H,1-3H2,(H,5,6,7)/q+1;/p-1. The lowest BCUT2D eigenvalue weighted by Gasteiger charge is -2.07. The van der Waals surface area contributed by atoms with Crippen molar-refractivity contribution in [3.63, 3.8) is 0 Å². The summed E-state index contributed by atoms with van der Waals surface area (Å²) in [5.74, 6) is -0.469. The Labute approximate surface area is 163 Å². The number of hydrogen-bond donors (Lipinski definition) is 1. The van der Waals surface area contributed by atoms with Crippen molar-refractivity contribution in [1.29, 1.82) is 0 Å². The molecule has 1 N–H and O–H groups in total. The third-order valence-corrected chi connectivity index (χ3v) is 6.51.